The van der Waals surface area contributed by atoms with Crippen LogP contribution in [0.3, 0.4) is 0 Å². The summed E-state index contributed by atoms with van der Waals surface area (Å²) in [6.07, 6.45) is 2.40. The van der Waals surface area contributed by atoms with E-state index in [2.05, 4.69) is 17.1 Å². The molecule has 1 saturated heterocycles. The van der Waals surface area contributed by atoms with E-state index in [-0.39, 0.29) is 10.7 Å². The summed E-state index contributed by atoms with van der Waals surface area (Å²) >= 11 is 1.96. The third kappa shape index (κ3) is 2.68. The van der Waals surface area contributed by atoms with Crippen molar-refractivity contribution in [2.45, 2.75) is 44.9 Å². The summed E-state index contributed by atoms with van der Waals surface area (Å²) in [6, 6.07) is 0. The summed E-state index contributed by atoms with van der Waals surface area (Å²) in [6.45, 7) is 7.03. The molecule has 18 heavy (non-hydrogen) atoms. The second-order valence-corrected chi connectivity index (χ2v) is 6.46. The van der Waals surface area contributed by atoms with Crippen LogP contribution in [0.1, 0.15) is 43.1 Å². The predicted molar refractivity (Wildman–Crippen MR) is 70.8 cm³/mol. The zero-order chi connectivity index (χ0) is 13.2. The molecular formula is C12H19N3O2S. The van der Waals surface area contributed by atoms with Gasteiger partial charge in [-0.2, -0.15) is 11.8 Å². The highest BCUT2D eigenvalue weighted by Crippen LogP contribution is 2.39. The van der Waals surface area contributed by atoms with Crippen molar-refractivity contribution in [3.63, 3.8) is 0 Å². The summed E-state index contributed by atoms with van der Waals surface area (Å²) in [7, 11) is 0. The third-order valence-corrected chi connectivity index (χ3v) is 4.71. The highest BCUT2D eigenvalue weighted by atomic mass is 32.2. The third-order valence-electron chi connectivity index (χ3n) is 3.19. The van der Waals surface area contributed by atoms with Crippen LogP contribution in [0.4, 0.5) is 0 Å². The van der Waals surface area contributed by atoms with E-state index in [0.29, 0.717) is 12.4 Å². The average Bonchev–Trinajstić information content (AvgIpc) is 2.88. The Labute approximate surface area is 111 Å². The molecule has 1 aliphatic rings. The lowest BCUT2D eigenvalue weighted by molar-refractivity contribution is 0.0505. The number of esters is 1. The maximum absolute atomic E-state index is 11.8. The van der Waals surface area contributed by atoms with Crippen LogP contribution in [0.25, 0.3) is 0 Å². The molecule has 0 radical (unpaired) electrons. The summed E-state index contributed by atoms with van der Waals surface area (Å²) in [5.41, 5.74) is 0. The van der Waals surface area contributed by atoms with Gasteiger partial charge in [-0.3, -0.25) is 0 Å². The van der Waals surface area contributed by atoms with Crippen LogP contribution in [-0.4, -0.2) is 37.8 Å². The Balaban J connectivity index is 2.21. The van der Waals surface area contributed by atoms with Crippen LogP contribution in [0.5, 0.6) is 0 Å². The predicted octanol–water partition coefficient (Wildman–Crippen LogP) is 2.05. The van der Waals surface area contributed by atoms with Crippen LogP contribution in [0.15, 0.2) is 0 Å². The van der Waals surface area contributed by atoms with Crippen LogP contribution in [0, 0.1) is 6.92 Å². The van der Waals surface area contributed by atoms with Gasteiger partial charge in [-0.1, -0.05) is 0 Å². The first-order valence-corrected chi connectivity index (χ1v) is 7.25. The molecule has 5 nitrogen and oxygen atoms in total. The minimum atomic E-state index is -0.385. The number of thioether (sulfide) groups is 1. The zero-order valence-corrected chi connectivity index (χ0v) is 11.9. The highest BCUT2D eigenvalue weighted by molar-refractivity contribution is 8.00. The van der Waals surface area contributed by atoms with Crippen molar-refractivity contribution in [2.24, 2.45) is 0 Å². The fourth-order valence-corrected chi connectivity index (χ4v) is 3.50. The lowest BCUT2D eigenvalue weighted by atomic mass is 10.1. The first-order valence-electron chi connectivity index (χ1n) is 6.26. The molecular weight excluding hydrogens is 250 g/mol. The first kappa shape index (κ1) is 13.4. The second-order valence-electron chi connectivity index (χ2n) is 4.78. The number of carbonyl (C=O) groups is 1. The quantitative estimate of drug-likeness (QED) is 0.783. The highest BCUT2D eigenvalue weighted by Gasteiger charge is 2.32. The summed E-state index contributed by atoms with van der Waals surface area (Å²) in [5, 5.41) is 7.93. The molecule has 6 heteroatoms. The van der Waals surface area contributed by atoms with E-state index >= 15 is 0 Å². The van der Waals surface area contributed by atoms with Crippen LogP contribution >= 0.6 is 11.8 Å². The van der Waals surface area contributed by atoms with Crippen molar-refractivity contribution in [3.8, 4) is 0 Å². The summed E-state index contributed by atoms with van der Waals surface area (Å²) in [4.78, 5) is 11.8. The van der Waals surface area contributed by atoms with E-state index in [1.54, 1.807) is 6.92 Å². The van der Waals surface area contributed by atoms with Gasteiger partial charge >= 0.3 is 5.97 Å². The topological polar surface area (TPSA) is 57.0 Å². The van der Waals surface area contributed by atoms with Gasteiger partial charge in [-0.05, 0) is 39.4 Å². The number of rotatable bonds is 4. The van der Waals surface area contributed by atoms with Crippen molar-refractivity contribution < 1.29 is 9.53 Å². The minimum absolute atomic E-state index is 0.175. The molecule has 1 fully saturated rings. The average molecular weight is 269 g/mol. The maximum atomic E-state index is 11.8. The van der Waals surface area contributed by atoms with E-state index in [4.69, 9.17) is 4.74 Å². The molecule has 2 rings (SSSR count). The molecule has 1 aliphatic heterocycles. The van der Waals surface area contributed by atoms with Gasteiger partial charge in [-0.15, -0.1) is 10.2 Å². The first-order chi connectivity index (χ1) is 8.56. The Morgan fingerprint density at radius 1 is 1.56 bits per heavy atom. The lowest BCUT2D eigenvalue weighted by Gasteiger charge is -2.24. The smallest absolute Gasteiger partial charge is 0.376 e. The van der Waals surface area contributed by atoms with E-state index in [1.807, 2.05) is 23.3 Å². The van der Waals surface area contributed by atoms with Gasteiger partial charge in [0.05, 0.1) is 6.61 Å². The molecule has 1 aromatic rings. The van der Waals surface area contributed by atoms with Crippen molar-refractivity contribution in [2.75, 3.05) is 12.4 Å². The standard InChI is InChI=1S/C12H19N3O2S/c1-4-17-11(16)10-14-13-9(2)15(10)8-12(3)6-5-7-18-12/h4-8H2,1-3H3. The minimum Gasteiger partial charge on any atom is -0.460 e. The number of aromatic nitrogens is 3. The number of ether oxygens (including phenoxy) is 1. The summed E-state index contributed by atoms with van der Waals surface area (Å²) in [5.74, 6) is 1.89. The van der Waals surface area contributed by atoms with Gasteiger partial charge in [-0.25, -0.2) is 4.79 Å². The molecule has 0 aromatic carbocycles. The molecule has 1 aromatic heterocycles. The van der Waals surface area contributed by atoms with Crippen LogP contribution in [-0.2, 0) is 11.3 Å². The molecule has 0 amide bonds. The Bertz CT molecular complexity index is 439. The molecule has 0 aliphatic carbocycles. The van der Waals surface area contributed by atoms with Crippen LogP contribution in [0.2, 0.25) is 0 Å². The number of carbonyl (C=O) groups excluding carboxylic acids is 1. The SMILES string of the molecule is CCOC(=O)c1nnc(C)n1CC1(C)CCCS1. The Morgan fingerprint density at radius 3 is 2.94 bits per heavy atom. The van der Waals surface area contributed by atoms with E-state index < -0.39 is 0 Å². The van der Waals surface area contributed by atoms with Crippen molar-refractivity contribution in [1.82, 2.24) is 14.8 Å². The Hall–Kier alpha value is -1.04. The monoisotopic (exact) mass is 269 g/mol. The lowest BCUT2D eigenvalue weighted by Crippen LogP contribution is -2.27. The molecule has 0 saturated carbocycles. The normalized spacial score (nSPS) is 23.3. The van der Waals surface area contributed by atoms with E-state index in [9.17, 15) is 4.79 Å². The van der Waals surface area contributed by atoms with E-state index in [0.717, 1.165) is 18.8 Å². The van der Waals surface area contributed by atoms with Gasteiger partial charge in [0.1, 0.15) is 5.82 Å². The van der Waals surface area contributed by atoms with Gasteiger partial charge in [0.15, 0.2) is 0 Å². The van der Waals surface area contributed by atoms with Gasteiger partial charge in [0.2, 0.25) is 5.82 Å². The van der Waals surface area contributed by atoms with Gasteiger partial charge < -0.3 is 9.30 Å². The fourth-order valence-electron chi connectivity index (χ4n) is 2.21. The molecule has 100 valence electrons. The summed E-state index contributed by atoms with van der Waals surface area (Å²) < 4.78 is 7.07. The van der Waals surface area contributed by atoms with Gasteiger partial charge in [0.25, 0.3) is 0 Å². The molecule has 0 bridgehead atoms. The van der Waals surface area contributed by atoms with Crippen molar-refractivity contribution in [1.29, 1.82) is 0 Å². The van der Waals surface area contributed by atoms with Crippen molar-refractivity contribution >= 4 is 17.7 Å². The number of hydrogen-bond donors (Lipinski definition) is 0. The van der Waals surface area contributed by atoms with Crippen LogP contribution < -0.4 is 0 Å². The number of hydrogen-bond acceptors (Lipinski definition) is 5. The molecule has 1 atom stereocenters. The molecule has 0 N–H and O–H groups in total. The van der Waals surface area contributed by atoms with Crippen molar-refractivity contribution in [3.05, 3.63) is 11.6 Å². The number of nitrogens with zero attached hydrogens (tertiary/aromatic N) is 3. The largest absolute Gasteiger partial charge is 0.460 e. The second kappa shape index (κ2) is 5.30. The Morgan fingerprint density at radius 2 is 2.33 bits per heavy atom. The zero-order valence-electron chi connectivity index (χ0n) is 11.1. The Kier molecular flexibility index (Phi) is 3.94. The number of aryl methyl sites for hydroxylation is 1. The van der Waals surface area contributed by atoms with Gasteiger partial charge in [0, 0.05) is 11.3 Å². The maximum Gasteiger partial charge on any atom is 0.376 e. The molecule has 2 heterocycles. The molecule has 1 unspecified atom stereocenters. The van der Waals surface area contributed by atoms with E-state index in [1.165, 1.54) is 12.2 Å². The fraction of sp³-hybridized carbons (Fsp3) is 0.750. The molecule has 0 spiro atoms.